The summed E-state index contributed by atoms with van der Waals surface area (Å²) in [6.07, 6.45) is 3.30. The van der Waals surface area contributed by atoms with Crippen LogP contribution in [0.25, 0.3) is 6.08 Å². The summed E-state index contributed by atoms with van der Waals surface area (Å²) in [6.45, 7) is 4.95. The molecule has 4 heteroatoms. The number of allylic oxidation sites excluding steroid dienone is 1. The maximum absolute atomic E-state index is 12.4. The molecule has 0 aliphatic heterocycles. The van der Waals surface area contributed by atoms with E-state index in [-0.39, 0.29) is 5.78 Å². The fourth-order valence-corrected chi connectivity index (χ4v) is 2.31. The van der Waals surface area contributed by atoms with E-state index in [2.05, 4.69) is 5.32 Å². The van der Waals surface area contributed by atoms with Crippen molar-refractivity contribution in [1.29, 1.82) is 0 Å². The van der Waals surface area contributed by atoms with Gasteiger partial charge in [0.1, 0.15) is 11.5 Å². The highest BCUT2D eigenvalue weighted by Gasteiger charge is 2.09. The summed E-state index contributed by atoms with van der Waals surface area (Å²) in [4.78, 5) is 12.4. The van der Waals surface area contributed by atoms with Gasteiger partial charge in [-0.2, -0.15) is 0 Å². The molecule has 0 radical (unpaired) electrons. The van der Waals surface area contributed by atoms with Crippen molar-refractivity contribution in [3.8, 4) is 11.5 Å². The molecule has 1 N–H and O–H groups in total. The first-order valence-electron chi connectivity index (χ1n) is 8.08. The standard InChI is InChI=1S/C20H23NO3/c1-4-23-19-7-6-8-20(24-5-2)17(19)13-14-18(22)15-9-11-16(21-3)12-10-15/h6-14,21H,4-5H2,1-3H3/b14-13+. The van der Waals surface area contributed by atoms with E-state index in [9.17, 15) is 4.79 Å². The van der Waals surface area contributed by atoms with Crippen LogP contribution in [0.3, 0.4) is 0 Å². The molecule has 0 spiro atoms. The molecule has 24 heavy (non-hydrogen) atoms. The topological polar surface area (TPSA) is 47.6 Å². The second-order valence-corrected chi connectivity index (χ2v) is 5.06. The van der Waals surface area contributed by atoms with E-state index < -0.39 is 0 Å². The Labute approximate surface area is 143 Å². The Kier molecular flexibility index (Phi) is 6.43. The van der Waals surface area contributed by atoms with Crippen LogP contribution in [0.1, 0.15) is 29.8 Å². The molecule has 0 atom stereocenters. The summed E-state index contributed by atoms with van der Waals surface area (Å²) >= 11 is 0. The Balaban J connectivity index is 2.27. The number of nitrogens with one attached hydrogen (secondary N) is 1. The minimum Gasteiger partial charge on any atom is -0.493 e. The molecule has 0 aromatic heterocycles. The van der Waals surface area contributed by atoms with Crippen molar-refractivity contribution in [3.63, 3.8) is 0 Å². The number of rotatable bonds is 8. The van der Waals surface area contributed by atoms with Gasteiger partial charge in [-0.05, 0) is 62.4 Å². The largest absolute Gasteiger partial charge is 0.493 e. The maximum Gasteiger partial charge on any atom is 0.185 e. The number of hydrogen-bond donors (Lipinski definition) is 1. The van der Waals surface area contributed by atoms with Gasteiger partial charge in [0.05, 0.1) is 18.8 Å². The highest BCUT2D eigenvalue weighted by Crippen LogP contribution is 2.30. The number of carbonyl (C=O) groups is 1. The molecule has 0 fully saturated rings. The van der Waals surface area contributed by atoms with Crippen molar-refractivity contribution >= 4 is 17.5 Å². The quantitative estimate of drug-likeness (QED) is 0.576. The Morgan fingerprint density at radius 2 is 1.58 bits per heavy atom. The Hall–Kier alpha value is -2.75. The predicted molar refractivity (Wildman–Crippen MR) is 98.1 cm³/mol. The van der Waals surface area contributed by atoms with Gasteiger partial charge in [0.15, 0.2) is 5.78 Å². The zero-order valence-electron chi connectivity index (χ0n) is 14.3. The number of ketones is 1. The summed E-state index contributed by atoms with van der Waals surface area (Å²) < 4.78 is 11.3. The number of benzene rings is 2. The van der Waals surface area contributed by atoms with Crippen LogP contribution in [0, 0.1) is 0 Å². The van der Waals surface area contributed by atoms with Crippen molar-refractivity contribution < 1.29 is 14.3 Å². The van der Waals surface area contributed by atoms with E-state index in [1.54, 1.807) is 24.3 Å². The first kappa shape index (κ1) is 17.6. The van der Waals surface area contributed by atoms with E-state index in [4.69, 9.17) is 9.47 Å². The number of anilines is 1. The monoisotopic (exact) mass is 325 g/mol. The van der Waals surface area contributed by atoms with Crippen LogP contribution < -0.4 is 14.8 Å². The number of ether oxygens (including phenoxy) is 2. The fourth-order valence-electron chi connectivity index (χ4n) is 2.31. The van der Waals surface area contributed by atoms with Crippen molar-refractivity contribution in [2.24, 2.45) is 0 Å². The van der Waals surface area contributed by atoms with Crippen LogP contribution in [0.4, 0.5) is 5.69 Å². The lowest BCUT2D eigenvalue weighted by Gasteiger charge is -2.12. The first-order chi connectivity index (χ1) is 11.7. The van der Waals surface area contributed by atoms with Gasteiger partial charge in [0.25, 0.3) is 0 Å². The van der Waals surface area contributed by atoms with Crippen LogP contribution >= 0.6 is 0 Å². The molecule has 2 aromatic rings. The summed E-state index contributed by atoms with van der Waals surface area (Å²) in [5, 5.41) is 3.03. The lowest BCUT2D eigenvalue weighted by atomic mass is 10.1. The highest BCUT2D eigenvalue weighted by atomic mass is 16.5. The summed E-state index contributed by atoms with van der Waals surface area (Å²) in [5.41, 5.74) is 2.38. The average molecular weight is 325 g/mol. The normalized spacial score (nSPS) is 10.6. The smallest absolute Gasteiger partial charge is 0.185 e. The third-order valence-corrected chi connectivity index (χ3v) is 3.49. The van der Waals surface area contributed by atoms with E-state index in [1.807, 2.05) is 51.2 Å². The van der Waals surface area contributed by atoms with Gasteiger partial charge in [-0.1, -0.05) is 6.07 Å². The molecule has 0 amide bonds. The maximum atomic E-state index is 12.4. The second kappa shape index (κ2) is 8.77. The van der Waals surface area contributed by atoms with Crippen LogP contribution in [0.15, 0.2) is 48.5 Å². The minimum absolute atomic E-state index is 0.0635. The van der Waals surface area contributed by atoms with E-state index in [0.29, 0.717) is 30.3 Å². The number of carbonyl (C=O) groups excluding carboxylic acids is 1. The van der Waals surface area contributed by atoms with E-state index in [0.717, 1.165) is 11.3 Å². The highest BCUT2D eigenvalue weighted by molar-refractivity contribution is 6.07. The molecular formula is C20H23NO3. The van der Waals surface area contributed by atoms with Crippen molar-refractivity contribution in [2.75, 3.05) is 25.6 Å². The second-order valence-electron chi connectivity index (χ2n) is 5.06. The van der Waals surface area contributed by atoms with Gasteiger partial charge in [-0.3, -0.25) is 4.79 Å². The Bertz CT molecular complexity index is 681. The van der Waals surface area contributed by atoms with Crippen molar-refractivity contribution in [1.82, 2.24) is 0 Å². The summed E-state index contributed by atoms with van der Waals surface area (Å²) in [7, 11) is 1.84. The van der Waals surface area contributed by atoms with Gasteiger partial charge in [-0.15, -0.1) is 0 Å². The van der Waals surface area contributed by atoms with Crippen LogP contribution in [0.2, 0.25) is 0 Å². The molecule has 0 saturated heterocycles. The Morgan fingerprint density at radius 3 is 2.08 bits per heavy atom. The molecule has 0 bridgehead atoms. The van der Waals surface area contributed by atoms with Gasteiger partial charge >= 0.3 is 0 Å². The zero-order chi connectivity index (χ0) is 17.4. The molecule has 0 heterocycles. The third kappa shape index (κ3) is 4.38. The lowest BCUT2D eigenvalue weighted by molar-refractivity contribution is 0.104. The van der Waals surface area contributed by atoms with E-state index in [1.165, 1.54) is 0 Å². The molecular weight excluding hydrogens is 302 g/mol. The van der Waals surface area contributed by atoms with Gasteiger partial charge < -0.3 is 14.8 Å². The molecule has 0 saturated carbocycles. The average Bonchev–Trinajstić information content (AvgIpc) is 2.61. The molecule has 0 aliphatic rings. The molecule has 0 unspecified atom stereocenters. The first-order valence-corrected chi connectivity index (χ1v) is 8.08. The zero-order valence-corrected chi connectivity index (χ0v) is 14.3. The van der Waals surface area contributed by atoms with Crippen molar-refractivity contribution in [3.05, 3.63) is 59.7 Å². The fraction of sp³-hybridized carbons (Fsp3) is 0.250. The minimum atomic E-state index is -0.0635. The van der Waals surface area contributed by atoms with Gasteiger partial charge in [0.2, 0.25) is 0 Å². The SMILES string of the molecule is CCOc1cccc(OCC)c1/C=C/C(=O)c1ccc(NC)cc1. The molecule has 2 rings (SSSR count). The van der Waals surface area contributed by atoms with Crippen molar-refractivity contribution in [2.45, 2.75) is 13.8 Å². The summed E-state index contributed by atoms with van der Waals surface area (Å²) in [5.74, 6) is 1.35. The van der Waals surface area contributed by atoms with Crippen LogP contribution in [-0.4, -0.2) is 26.0 Å². The molecule has 2 aromatic carbocycles. The molecule has 4 nitrogen and oxygen atoms in total. The van der Waals surface area contributed by atoms with Crippen LogP contribution in [-0.2, 0) is 0 Å². The van der Waals surface area contributed by atoms with Gasteiger partial charge in [-0.25, -0.2) is 0 Å². The lowest BCUT2D eigenvalue weighted by Crippen LogP contribution is -1.99. The third-order valence-electron chi connectivity index (χ3n) is 3.49. The molecule has 126 valence electrons. The Morgan fingerprint density at radius 1 is 1.00 bits per heavy atom. The predicted octanol–water partition coefficient (Wildman–Crippen LogP) is 4.42. The van der Waals surface area contributed by atoms with E-state index >= 15 is 0 Å². The molecule has 0 aliphatic carbocycles. The van der Waals surface area contributed by atoms with Crippen LogP contribution in [0.5, 0.6) is 11.5 Å². The summed E-state index contributed by atoms with van der Waals surface area (Å²) in [6, 6.07) is 13.0. The van der Waals surface area contributed by atoms with Gasteiger partial charge in [0, 0.05) is 18.3 Å². The number of hydrogen-bond acceptors (Lipinski definition) is 4.